The monoisotopic (exact) mass is 303 g/mol. The molecule has 1 aliphatic rings. The number of nitrogens with zero attached hydrogens (tertiary/aromatic N) is 1. The number of pyridine rings is 1. The number of nitrogens with one attached hydrogen (secondary N) is 1. The van der Waals surface area contributed by atoms with Gasteiger partial charge in [0, 0.05) is 12.2 Å². The van der Waals surface area contributed by atoms with Crippen LogP contribution in [0, 0.1) is 11.8 Å². The fourth-order valence-corrected chi connectivity index (χ4v) is 4.42. The van der Waals surface area contributed by atoms with Gasteiger partial charge >= 0.3 is 0 Å². The minimum Gasteiger partial charge on any atom is -0.396 e. The molecular formula is C16H21N3OS. The van der Waals surface area contributed by atoms with Crippen molar-refractivity contribution in [1.29, 1.82) is 0 Å². The van der Waals surface area contributed by atoms with Crippen molar-refractivity contribution in [1.82, 2.24) is 10.3 Å². The number of carbonyl (C=O) groups is 1. The van der Waals surface area contributed by atoms with E-state index in [1.807, 2.05) is 12.1 Å². The highest BCUT2D eigenvalue weighted by molar-refractivity contribution is 7.21. The normalized spacial score (nSPS) is 25.9. The third kappa shape index (κ3) is 2.88. The standard InChI is InChI=1S/C16H21N3OS/c1-9-6-10(2)8-11(7-9)19-16(20)15-13(17)14-12(21-15)4-3-5-18-14/h3-5,9-11H,6-8,17H2,1-2H3,(H,19,20). The van der Waals surface area contributed by atoms with Gasteiger partial charge in [-0.3, -0.25) is 9.78 Å². The van der Waals surface area contributed by atoms with Gasteiger partial charge in [0.15, 0.2) is 0 Å². The van der Waals surface area contributed by atoms with Crippen molar-refractivity contribution in [2.24, 2.45) is 11.8 Å². The van der Waals surface area contributed by atoms with Gasteiger partial charge in [0.25, 0.3) is 5.91 Å². The van der Waals surface area contributed by atoms with Crippen LogP contribution in [-0.4, -0.2) is 16.9 Å². The van der Waals surface area contributed by atoms with Gasteiger partial charge in [0.1, 0.15) is 10.4 Å². The van der Waals surface area contributed by atoms with E-state index < -0.39 is 0 Å². The molecule has 2 aromatic heterocycles. The highest BCUT2D eigenvalue weighted by Gasteiger charge is 2.26. The van der Waals surface area contributed by atoms with Crippen molar-refractivity contribution in [2.75, 3.05) is 5.73 Å². The first-order valence-electron chi connectivity index (χ1n) is 7.48. The molecule has 1 aliphatic carbocycles. The van der Waals surface area contributed by atoms with E-state index in [-0.39, 0.29) is 11.9 Å². The number of aromatic nitrogens is 1. The van der Waals surface area contributed by atoms with Crippen LogP contribution >= 0.6 is 11.3 Å². The van der Waals surface area contributed by atoms with Crippen molar-refractivity contribution < 1.29 is 4.79 Å². The molecule has 1 fully saturated rings. The Kier molecular flexibility index (Phi) is 3.85. The first kappa shape index (κ1) is 14.3. The number of fused-ring (bicyclic) bond motifs is 1. The Morgan fingerprint density at radius 3 is 2.71 bits per heavy atom. The third-order valence-electron chi connectivity index (χ3n) is 4.20. The summed E-state index contributed by atoms with van der Waals surface area (Å²) in [5.74, 6) is 1.28. The summed E-state index contributed by atoms with van der Waals surface area (Å²) >= 11 is 1.42. The number of carbonyl (C=O) groups excluding carboxylic acids is 1. The van der Waals surface area contributed by atoms with Crippen LogP contribution in [0.4, 0.5) is 5.69 Å². The zero-order valence-electron chi connectivity index (χ0n) is 12.4. The molecule has 5 heteroatoms. The number of thiophene rings is 1. The number of hydrogen-bond acceptors (Lipinski definition) is 4. The Morgan fingerprint density at radius 1 is 1.33 bits per heavy atom. The molecule has 0 saturated heterocycles. The average molecular weight is 303 g/mol. The van der Waals surface area contributed by atoms with Crippen molar-refractivity contribution in [2.45, 2.75) is 39.2 Å². The van der Waals surface area contributed by atoms with Crippen LogP contribution in [0.25, 0.3) is 10.2 Å². The molecular weight excluding hydrogens is 282 g/mol. The number of amides is 1. The largest absolute Gasteiger partial charge is 0.396 e. The number of rotatable bonds is 2. The van der Waals surface area contributed by atoms with Crippen LogP contribution in [0.3, 0.4) is 0 Å². The van der Waals surface area contributed by atoms with E-state index in [9.17, 15) is 4.79 Å². The van der Waals surface area contributed by atoms with E-state index in [4.69, 9.17) is 5.73 Å². The summed E-state index contributed by atoms with van der Waals surface area (Å²) in [6.07, 6.45) is 5.07. The number of nitrogen functional groups attached to an aromatic ring is 1. The summed E-state index contributed by atoms with van der Waals surface area (Å²) in [4.78, 5) is 17.4. The number of hydrogen-bond donors (Lipinski definition) is 2. The maximum absolute atomic E-state index is 12.5. The summed E-state index contributed by atoms with van der Waals surface area (Å²) in [7, 11) is 0. The molecule has 0 aromatic carbocycles. The summed E-state index contributed by atoms with van der Waals surface area (Å²) in [5.41, 5.74) is 7.33. The second-order valence-corrected chi connectivity index (χ2v) is 7.34. The SMILES string of the molecule is CC1CC(C)CC(NC(=O)c2sc3cccnc3c2N)C1. The van der Waals surface area contributed by atoms with Crippen LogP contribution in [0.5, 0.6) is 0 Å². The van der Waals surface area contributed by atoms with Crippen molar-refractivity contribution >= 4 is 33.1 Å². The molecule has 21 heavy (non-hydrogen) atoms. The second-order valence-electron chi connectivity index (χ2n) is 6.28. The topological polar surface area (TPSA) is 68.0 Å². The lowest BCUT2D eigenvalue weighted by Gasteiger charge is -2.31. The fourth-order valence-electron chi connectivity index (χ4n) is 3.43. The molecule has 2 heterocycles. The lowest BCUT2D eigenvalue weighted by molar-refractivity contribution is 0.0916. The van der Waals surface area contributed by atoms with E-state index in [0.717, 1.165) is 23.1 Å². The molecule has 0 radical (unpaired) electrons. The average Bonchev–Trinajstić information content (AvgIpc) is 2.76. The highest BCUT2D eigenvalue weighted by atomic mass is 32.1. The zero-order chi connectivity index (χ0) is 15.0. The third-order valence-corrected chi connectivity index (χ3v) is 5.36. The number of nitrogens with two attached hydrogens (primary N) is 1. The molecule has 4 nitrogen and oxygen atoms in total. The van der Waals surface area contributed by atoms with Gasteiger partial charge in [-0.25, -0.2) is 0 Å². The van der Waals surface area contributed by atoms with Crippen LogP contribution < -0.4 is 11.1 Å². The summed E-state index contributed by atoms with van der Waals surface area (Å²) in [6, 6.07) is 4.07. The van der Waals surface area contributed by atoms with Crippen molar-refractivity contribution in [3.05, 3.63) is 23.2 Å². The lowest BCUT2D eigenvalue weighted by atomic mass is 9.80. The zero-order valence-corrected chi connectivity index (χ0v) is 13.2. The first-order valence-corrected chi connectivity index (χ1v) is 8.30. The Morgan fingerprint density at radius 2 is 2.05 bits per heavy atom. The molecule has 0 bridgehead atoms. The van der Waals surface area contributed by atoms with Crippen molar-refractivity contribution in [3.63, 3.8) is 0 Å². The second kappa shape index (κ2) is 5.64. The van der Waals surface area contributed by atoms with Gasteiger partial charge < -0.3 is 11.1 Å². The van der Waals surface area contributed by atoms with Crippen LogP contribution in [0.2, 0.25) is 0 Å². The molecule has 2 aromatic rings. The summed E-state index contributed by atoms with van der Waals surface area (Å²) in [5, 5.41) is 3.16. The minimum atomic E-state index is -0.0539. The van der Waals surface area contributed by atoms with E-state index in [1.165, 1.54) is 17.8 Å². The molecule has 3 N–H and O–H groups in total. The van der Waals surface area contributed by atoms with Crippen LogP contribution in [0.15, 0.2) is 18.3 Å². The van der Waals surface area contributed by atoms with Crippen LogP contribution in [0.1, 0.15) is 42.8 Å². The summed E-state index contributed by atoms with van der Waals surface area (Å²) < 4.78 is 0.963. The molecule has 0 aliphatic heterocycles. The first-order chi connectivity index (χ1) is 10.0. The van der Waals surface area contributed by atoms with Crippen molar-refractivity contribution in [3.8, 4) is 0 Å². The Hall–Kier alpha value is -1.62. The predicted octanol–water partition coefficient (Wildman–Crippen LogP) is 3.43. The van der Waals surface area contributed by atoms with Gasteiger partial charge in [-0.15, -0.1) is 11.3 Å². The van der Waals surface area contributed by atoms with Gasteiger partial charge in [-0.1, -0.05) is 13.8 Å². The molecule has 1 saturated carbocycles. The van der Waals surface area contributed by atoms with Gasteiger partial charge in [0.2, 0.25) is 0 Å². The lowest BCUT2D eigenvalue weighted by Crippen LogP contribution is -2.39. The maximum Gasteiger partial charge on any atom is 0.263 e. The van der Waals surface area contributed by atoms with Gasteiger partial charge in [-0.05, 0) is 43.2 Å². The number of anilines is 1. The smallest absolute Gasteiger partial charge is 0.263 e. The van der Waals surface area contributed by atoms with E-state index >= 15 is 0 Å². The quantitative estimate of drug-likeness (QED) is 0.893. The minimum absolute atomic E-state index is 0.0539. The Bertz CT molecular complexity index is 657. The van der Waals surface area contributed by atoms with E-state index in [0.29, 0.717) is 22.4 Å². The van der Waals surface area contributed by atoms with Gasteiger partial charge in [0.05, 0.1) is 10.4 Å². The van der Waals surface area contributed by atoms with Gasteiger partial charge in [-0.2, -0.15) is 0 Å². The predicted molar refractivity (Wildman–Crippen MR) is 87.5 cm³/mol. The van der Waals surface area contributed by atoms with E-state index in [1.54, 1.807) is 6.20 Å². The molecule has 3 rings (SSSR count). The van der Waals surface area contributed by atoms with Crippen LogP contribution in [-0.2, 0) is 0 Å². The maximum atomic E-state index is 12.5. The molecule has 2 unspecified atom stereocenters. The Labute approximate surface area is 128 Å². The van der Waals surface area contributed by atoms with E-state index in [2.05, 4.69) is 24.1 Å². The fraction of sp³-hybridized carbons (Fsp3) is 0.500. The summed E-state index contributed by atoms with van der Waals surface area (Å²) in [6.45, 7) is 4.51. The molecule has 112 valence electrons. The molecule has 0 spiro atoms. The molecule has 2 atom stereocenters. The Balaban J connectivity index is 1.79. The molecule has 1 amide bonds. The highest BCUT2D eigenvalue weighted by Crippen LogP contribution is 2.33.